The van der Waals surface area contributed by atoms with E-state index in [2.05, 4.69) is 57.6 Å². The van der Waals surface area contributed by atoms with E-state index in [4.69, 9.17) is 4.74 Å². The van der Waals surface area contributed by atoms with E-state index < -0.39 is 6.61 Å². The van der Waals surface area contributed by atoms with Gasteiger partial charge in [0.1, 0.15) is 18.5 Å². The van der Waals surface area contributed by atoms with Gasteiger partial charge >= 0.3 is 6.61 Å². The summed E-state index contributed by atoms with van der Waals surface area (Å²) in [5, 5.41) is 0. The molecule has 1 aliphatic rings. The summed E-state index contributed by atoms with van der Waals surface area (Å²) >= 11 is 0. The van der Waals surface area contributed by atoms with Crippen molar-refractivity contribution in [3.05, 3.63) is 64.7 Å². The third kappa shape index (κ3) is 5.38. The second-order valence-electron chi connectivity index (χ2n) is 8.52. The molecule has 0 aliphatic heterocycles. The number of alkyl halides is 2. The third-order valence-corrected chi connectivity index (χ3v) is 6.09. The minimum atomic E-state index is -3.01. The van der Waals surface area contributed by atoms with Gasteiger partial charge in [-0.15, -0.1) is 0 Å². The zero-order valence-electron chi connectivity index (χ0n) is 19.8. The van der Waals surface area contributed by atoms with Crippen LogP contribution in [0.1, 0.15) is 68.3 Å². The van der Waals surface area contributed by atoms with Crippen molar-refractivity contribution in [3.63, 3.8) is 0 Å². The molecule has 1 aromatic carbocycles. The van der Waals surface area contributed by atoms with E-state index in [-0.39, 0.29) is 17.6 Å². The summed E-state index contributed by atoms with van der Waals surface area (Å²) in [5.74, 6) is 0.535. The van der Waals surface area contributed by atoms with Crippen molar-refractivity contribution in [1.82, 2.24) is 19.9 Å². The highest BCUT2D eigenvalue weighted by Gasteiger charge is 2.32. The lowest BCUT2D eigenvalue weighted by Crippen LogP contribution is -2.09. The van der Waals surface area contributed by atoms with Crippen molar-refractivity contribution in [2.24, 2.45) is 0 Å². The first-order valence-corrected chi connectivity index (χ1v) is 11.4. The Morgan fingerprint density at radius 1 is 1.06 bits per heavy atom. The van der Waals surface area contributed by atoms with Crippen LogP contribution in [0.5, 0.6) is 11.8 Å². The average Bonchev–Trinajstić information content (AvgIpc) is 3.68. The van der Waals surface area contributed by atoms with Gasteiger partial charge in [0.2, 0.25) is 11.8 Å². The van der Waals surface area contributed by atoms with Gasteiger partial charge in [-0.3, -0.25) is 0 Å². The van der Waals surface area contributed by atoms with Gasteiger partial charge in [0.15, 0.2) is 5.82 Å². The number of rotatable bonds is 9. The maximum absolute atomic E-state index is 13.0. The highest BCUT2D eigenvalue weighted by Crippen LogP contribution is 2.45. The Balaban J connectivity index is 1.58. The number of aryl methyl sites for hydroxylation is 1. The highest BCUT2D eigenvalue weighted by molar-refractivity contribution is 5.67. The molecule has 0 unspecified atom stereocenters. The first-order chi connectivity index (χ1) is 16.4. The zero-order valence-corrected chi connectivity index (χ0v) is 19.8. The quantitative estimate of drug-likeness (QED) is 0.358. The van der Waals surface area contributed by atoms with Crippen LogP contribution in [0.2, 0.25) is 0 Å². The topological polar surface area (TPSA) is 70.0 Å². The standard InChI is InChI=1S/C26H28F2N4O2/c1-5-15(2)17(4)19-8-6-18(7-9-19)13-33-24-16(3)12-29-23(32-24)21-22(20-10-11-20)30-14-31-25(21)34-26(27)28/h6-9,12,14,20,26H,5,10-11,13H2,1-4H3. The van der Waals surface area contributed by atoms with Crippen LogP contribution in [0.25, 0.3) is 17.0 Å². The van der Waals surface area contributed by atoms with Crippen molar-refractivity contribution >= 4 is 5.57 Å². The summed E-state index contributed by atoms with van der Waals surface area (Å²) in [6.45, 7) is 5.57. The Morgan fingerprint density at radius 3 is 2.44 bits per heavy atom. The summed E-state index contributed by atoms with van der Waals surface area (Å²) in [6, 6.07) is 8.24. The molecule has 3 aromatic rings. The first-order valence-electron chi connectivity index (χ1n) is 11.4. The van der Waals surface area contributed by atoms with Crippen molar-refractivity contribution in [3.8, 4) is 23.1 Å². The molecule has 0 bridgehead atoms. The molecule has 1 fully saturated rings. The predicted molar refractivity (Wildman–Crippen MR) is 126 cm³/mol. The molecule has 0 saturated heterocycles. The minimum absolute atomic E-state index is 0.166. The first kappa shape index (κ1) is 23.7. The van der Waals surface area contributed by atoms with Gasteiger partial charge in [-0.25, -0.2) is 15.0 Å². The highest BCUT2D eigenvalue weighted by atomic mass is 19.3. The molecule has 0 atom stereocenters. The molecule has 6 nitrogen and oxygen atoms in total. The molecule has 8 heteroatoms. The van der Waals surface area contributed by atoms with Crippen LogP contribution < -0.4 is 9.47 Å². The fourth-order valence-electron chi connectivity index (χ4n) is 3.64. The Morgan fingerprint density at radius 2 is 1.79 bits per heavy atom. The average molecular weight is 467 g/mol. The Kier molecular flexibility index (Phi) is 7.14. The molecule has 1 saturated carbocycles. The van der Waals surface area contributed by atoms with Crippen LogP contribution >= 0.6 is 0 Å². The Bertz CT molecular complexity index is 1190. The maximum atomic E-state index is 13.0. The summed E-state index contributed by atoms with van der Waals surface area (Å²) < 4.78 is 36.7. The fraction of sp³-hybridized carbons (Fsp3) is 0.385. The van der Waals surface area contributed by atoms with Crippen LogP contribution in [-0.4, -0.2) is 26.5 Å². The SMILES string of the molecule is CCC(C)=C(C)c1ccc(COc2nc(-c3c(OC(F)F)ncnc3C3CC3)ncc2C)cc1. The molecular formula is C26H28F2N4O2. The number of allylic oxidation sites excluding steroid dienone is 2. The molecular weight excluding hydrogens is 438 g/mol. The summed E-state index contributed by atoms with van der Waals surface area (Å²) in [5.41, 5.74) is 6.48. The summed E-state index contributed by atoms with van der Waals surface area (Å²) in [4.78, 5) is 17.1. The van der Waals surface area contributed by atoms with Gasteiger partial charge in [0.25, 0.3) is 0 Å². The van der Waals surface area contributed by atoms with Crippen molar-refractivity contribution in [2.45, 2.75) is 66.1 Å². The van der Waals surface area contributed by atoms with Gasteiger partial charge in [-0.2, -0.15) is 13.8 Å². The van der Waals surface area contributed by atoms with E-state index in [0.29, 0.717) is 23.7 Å². The molecule has 2 heterocycles. The molecule has 0 N–H and O–H groups in total. The fourth-order valence-corrected chi connectivity index (χ4v) is 3.64. The monoisotopic (exact) mass is 466 g/mol. The van der Waals surface area contributed by atoms with Crippen LogP contribution in [0.15, 0.2) is 42.4 Å². The van der Waals surface area contributed by atoms with Gasteiger partial charge in [0, 0.05) is 17.7 Å². The zero-order chi connectivity index (χ0) is 24.2. The number of nitrogens with zero attached hydrogens (tertiary/aromatic N) is 4. The lowest BCUT2D eigenvalue weighted by molar-refractivity contribution is -0.0525. The van der Waals surface area contributed by atoms with E-state index in [9.17, 15) is 8.78 Å². The van der Waals surface area contributed by atoms with Crippen molar-refractivity contribution < 1.29 is 18.3 Å². The lowest BCUT2D eigenvalue weighted by atomic mass is 10.00. The maximum Gasteiger partial charge on any atom is 0.388 e. The summed E-state index contributed by atoms with van der Waals surface area (Å²) in [6.07, 6.45) is 5.72. The smallest absolute Gasteiger partial charge is 0.388 e. The predicted octanol–water partition coefficient (Wildman–Crippen LogP) is 6.50. The second-order valence-corrected chi connectivity index (χ2v) is 8.52. The molecule has 0 radical (unpaired) electrons. The van der Waals surface area contributed by atoms with Gasteiger partial charge in [-0.1, -0.05) is 36.8 Å². The normalized spacial score (nSPS) is 14.2. The molecule has 0 amide bonds. The second kappa shape index (κ2) is 10.2. The number of halogens is 2. The van der Waals surface area contributed by atoms with Crippen LogP contribution in [0.3, 0.4) is 0 Å². The van der Waals surface area contributed by atoms with E-state index in [1.54, 1.807) is 6.20 Å². The van der Waals surface area contributed by atoms with Crippen LogP contribution in [-0.2, 0) is 6.61 Å². The molecule has 34 heavy (non-hydrogen) atoms. The van der Waals surface area contributed by atoms with Gasteiger partial charge in [0.05, 0.1) is 5.69 Å². The minimum Gasteiger partial charge on any atom is -0.473 e. The van der Waals surface area contributed by atoms with Gasteiger partial charge < -0.3 is 9.47 Å². The Labute approximate surface area is 198 Å². The van der Waals surface area contributed by atoms with E-state index in [1.807, 2.05) is 19.1 Å². The molecule has 4 rings (SSSR count). The van der Waals surface area contributed by atoms with Gasteiger partial charge in [-0.05, 0) is 56.7 Å². The largest absolute Gasteiger partial charge is 0.473 e. The third-order valence-electron chi connectivity index (χ3n) is 6.09. The number of hydrogen-bond donors (Lipinski definition) is 0. The number of benzene rings is 1. The van der Waals surface area contributed by atoms with Crippen molar-refractivity contribution in [1.29, 1.82) is 0 Å². The lowest BCUT2D eigenvalue weighted by Gasteiger charge is -2.14. The number of aromatic nitrogens is 4. The number of hydrogen-bond acceptors (Lipinski definition) is 6. The van der Waals surface area contributed by atoms with E-state index in [1.165, 1.54) is 23.0 Å². The Hall–Kier alpha value is -3.42. The molecule has 1 aliphatic carbocycles. The van der Waals surface area contributed by atoms with Crippen LogP contribution in [0.4, 0.5) is 8.78 Å². The number of ether oxygens (including phenoxy) is 2. The van der Waals surface area contributed by atoms with Crippen LogP contribution in [0, 0.1) is 6.92 Å². The molecule has 2 aromatic heterocycles. The van der Waals surface area contributed by atoms with E-state index in [0.717, 1.165) is 30.4 Å². The van der Waals surface area contributed by atoms with Crippen molar-refractivity contribution in [2.75, 3.05) is 0 Å². The molecule has 178 valence electrons. The van der Waals surface area contributed by atoms with E-state index >= 15 is 0 Å². The summed E-state index contributed by atoms with van der Waals surface area (Å²) in [7, 11) is 0. The molecule has 0 spiro atoms.